The molecule has 0 aliphatic heterocycles. The second-order valence-electron chi connectivity index (χ2n) is 5.63. The summed E-state index contributed by atoms with van der Waals surface area (Å²) in [6.07, 6.45) is 3.24. The summed E-state index contributed by atoms with van der Waals surface area (Å²) in [4.78, 5) is 34.6. The highest BCUT2D eigenvalue weighted by Crippen LogP contribution is 2.26. The van der Waals surface area contributed by atoms with Crippen LogP contribution in [0.5, 0.6) is 5.75 Å². The number of benzene rings is 1. The minimum absolute atomic E-state index is 0.0837. The van der Waals surface area contributed by atoms with E-state index >= 15 is 0 Å². The number of carboxylic acids is 1. The van der Waals surface area contributed by atoms with Crippen LogP contribution in [0.3, 0.4) is 0 Å². The molecular formula is C17H21NO5. The second kappa shape index (κ2) is 7.76. The SMILES string of the molecule is CCCCC(NC(=O)COc1ccc2c(c1)C(=O)CC2)C(=O)O. The van der Waals surface area contributed by atoms with Gasteiger partial charge in [0.05, 0.1) is 0 Å². The number of ketones is 1. The zero-order valence-corrected chi connectivity index (χ0v) is 13.1. The maximum atomic E-state index is 11.8. The number of carbonyl (C=O) groups excluding carboxylic acids is 2. The molecule has 23 heavy (non-hydrogen) atoms. The van der Waals surface area contributed by atoms with Crippen molar-refractivity contribution in [2.75, 3.05) is 6.61 Å². The van der Waals surface area contributed by atoms with Crippen molar-refractivity contribution < 1.29 is 24.2 Å². The van der Waals surface area contributed by atoms with Crippen molar-refractivity contribution >= 4 is 17.7 Å². The van der Waals surface area contributed by atoms with Gasteiger partial charge in [0.15, 0.2) is 12.4 Å². The summed E-state index contributed by atoms with van der Waals surface area (Å²) in [5.41, 5.74) is 1.64. The van der Waals surface area contributed by atoms with E-state index in [1.165, 1.54) is 0 Å². The van der Waals surface area contributed by atoms with Crippen molar-refractivity contribution in [2.45, 2.75) is 45.1 Å². The van der Waals surface area contributed by atoms with Crippen molar-refractivity contribution in [2.24, 2.45) is 0 Å². The quantitative estimate of drug-likeness (QED) is 0.764. The summed E-state index contributed by atoms with van der Waals surface area (Å²) in [7, 11) is 0. The van der Waals surface area contributed by atoms with Gasteiger partial charge in [0.2, 0.25) is 0 Å². The van der Waals surface area contributed by atoms with Gasteiger partial charge in [0.1, 0.15) is 11.8 Å². The Kier molecular flexibility index (Phi) is 5.73. The number of fused-ring (bicyclic) bond motifs is 1. The van der Waals surface area contributed by atoms with Gasteiger partial charge < -0.3 is 15.2 Å². The standard InChI is InChI=1S/C17H21NO5/c1-2-3-4-14(17(21)22)18-16(20)10-23-12-7-5-11-6-8-15(19)13(11)9-12/h5,7,9,14H,2-4,6,8,10H2,1H3,(H,18,20)(H,21,22). The molecule has 0 fully saturated rings. The lowest BCUT2D eigenvalue weighted by Crippen LogP contribution is -2.42. The Bertz CT molecular complexity index is 611. The lowest BCUT2D eigenvalue weighted by Gasteiger charge is -2.14. The first-order valence-corrected chi connectivity index (χ1v) is 7.82. The Morgan fingerprint density at radius 2 is 2.13 bits per heavy atom. The van der Waals surface area contributed by atoms with Crippen LogP contribution < -0.4 is 10.1 Å². The first-order chi connectivity index (χ1) is 11.0. The Labute approximate surface area is 134 Å². The molecule has 0 spiro atoms. The first kappa shape index (κ1) is 17.0. The highest BCUT2D eigenvalue weighted by atomic mass is 16.5. The normalized spacial score (nSPS) is 14.2. The third kappa shape index (κ3) is 4.55. The number of hydrogen-bond acceptors (Lipinski definition) is 4. The van der Waals surface area contributed by atoms with Gasteiger partial charge in [-0.25, -0.2) is 4.79 Å². The number of unbranched alkanes of at least 4 members (excludes halogenated alkanes) is 1. The molecule has 2 N–H and O–H groups in total. The van der Waals surface area contributed by atoms with Gasteiger partial charge in [-0.3, -0.25) is 9.59 Å². The fraction of sp³-hybridized carbons (Fsp3) is 0.471. The molecule has 1 atom stereocenters. The van der Waals surface area contributed by atoms with Crippen molar-refractivity contribution in [1.29, 1.82) is 0 Å². The number of amides is 1. The van der Waals surface area contributed by atoms with E-state index in [0.717, 1.165) is 24.8 Å². The Morgan fingerprint density at radius 1 is 1.35 bits per heavy atom. The average Bonchev–Trinajstić information content (AvgIpc) is 2.90. The summed E-state index contributed by atoms with van der Waals surface area (Å²) in [6.45, 7) is 1.68. The highest BCUT2D eigenvalue weighted by Gasteiger charge is 2.21. The Balaban J connectivity index is 1.88. The van der Waals surface area contributed by atoms with Crippen molar-refractivity contribution in [3.8, 4) is 5.75 Å². The molecule has 2 rings (SSSR count). The summed E-state index contributed by atoms with van der Waals surface area (Å²) < 4.78 is 5.37. The van der Waals surface area contributed by atoms with E-state index < -0.39 is 17.9 Å². The molecule has 0 saturated heterocycles. The van der Waals surface area contributed by atoms with Crippen LogP contribution in [-0.2, 0) is 16.0 Å². The van der Waals surface area contributed by atoms with Crippen LogP contribution in [-0.4, -0.2) is 35.4 Å². The minimum atomic E-state index is -1.05. The predicted octanol–water partition coefficient (Wildman–Crippen LogP) is 1.95. The molecule has 124 valence electrons. The van der Waals surface area contributed by atoms with E-state index in [1.807, 2.05) is 13.0 Å². The number of rotatable bonds is 8. The van der Waals surface area contributed by atoms with E-state index in [4.69, 9.17) is 9.84 Å². The smallest absolute Gasteiger partial charge is 0.326 e. The lowest BCUT2D eigenvalue weighted by atomic mass is 10.1. The van der Waals surface area contributed by atoms with Crippen LogP contribution in [0.2, 0.25) is 0 Å². The molecule has 1 aliphatic carbocycles. The van der Waals surface area contributed by atoms with Crippen LogP contribution in [0, 0.1) is 0 Å². The fourth-order valence-corrected chi connectivity index (χ4v) is 2.56. The maximum Gasteiger partial charge on any atom is 0.326 e. The number of hydrogen-bond donors (Lipinski definition) is 2. The molecule has 0 aromatic heterocycles. The molecular weight excluding hydrogens is 298 g/mol. The minimum Gasteiger partial charge on any atom is -0.484 e. The van der Waals surface area contributed by atoms with Gasteiger partial charge >= 0.3 is 5.97 Å². The van der Waals surface area contributed by atoms with Crippen LogP contribution in [0.25, 0.3) is 0 Å². The molecule has 0 bridgehead atoms. The van der Waals surface area contributed by atoms with Gasteiger partial charge in [0, 0.05) is 12.0 Å². The van der Waals surface area contributed by atoms with Crippen molar-refractivity contribution in [1.82, 2.24) is 5.32 Å². The molecule has 0 heterocycles. The number of carboxylic acid groups (broad SMARTS) is 1. The number of Topliss-reactive ketones (excluding diaryl/α,β-unsaturated/α-hetero) is 1. The third-order valence-corrected chi connectivity index (χ3v) is 3.85. The van der Waals surface area contributed by atoms with Crippen LogP contribution in [0.1, 0.15) is 48.5 Å². The molecule has 1 aliphatic rings. The zero-order valence-electron chi connectivity index (χ0n) is 13.1. The predicted molar refractivity (Wildman–Crippen MR) is 83.7 cm³/mol. The molecule has 6 heteroatoms. The Morgan fingerprint density at radius 3 is 2.83 bits per heavy atom. The lowest BCUT2D eigenvalue weighted by molar-refractivity contribution is -0.142. The number of aliphatic carboxylic acids is 1. The summed E-state index contributed by atoms with van der Waals surface area (Å²) in [5, 5.41) is 11.5. The summed E-state index contributed by atoms with van der Waals surface area (Å²) >= 11 is 0. The maximum absolute atomic E-state index is 11.8. The number of aryl methyl sites for hydroxylation is 1. The van der Waals surface area contributed by atoms with Gasteiger partial charge in [-0.2, -0.15) is 0 Å². The number of nitrogens with one attached hydrogen (secondary N) is 1. The molecule has 1 aromatic rings. The summed E-state index contributed by atoms with van der Waals surface area (Å²) in [6, 6.07) is 4.29. The molecule has 1 unspecified atom stereocenters. The largest absolute Gasteiger partial charge is 0.484 e. The van der Waals surface area contributed by atoms with Crippen molar-refractivity contribution in [3.63, 3.8) is 0 Å². The Hall–Kier alpha value is -2.37. The molecule has 1 aromatic carbocycles. The summed E-state index contributed by atoms with van der Waals surface area (Å²) in [5.74, 6) is -1.01. The topological polar surface area (TPSA) is 92.7 Å². The van der Waals surface area contributed by atoms with E-state index in [1.54, 1.807) is 12.1 Å². The van der Waals surface area contributed by atoms with Crippen LogP contribution >= 0.6 is 0 Å². The van der Waals surface area contributed by atoms with Gasteiger partial charge in [-0.1, -0.05) is 25.8 Å². The van der Waals surface area contributed by atoms with Crippen LogP contribution in [0.4, 0.5) is 0 Å². The third-order valence-electron chi connectivity index (χ3n) is 3.85. The molecule has 0 radical (unpaired) electrons. The van der Waals surface area contributed by atoms with E-state index in [2.05, 4.69) is 5.32 Å². The second-order valence-corrected chi connectivity index (χ2v) is 5.63. The van der Waals surface area contributed by atoms with Gasteiger partial charge in [0.25, 0.3) is 5.91 Å². The number of ether oxygens (including phenoxy) is 1. The van der Waals surface area contributed by atoms with Gasteiger partial charge in [-0.15, -0.1) is 0 Å². The van der Waals surface area contributed by atoms with E-state index in [-0.39, 0.29) is 12.4 Å². The zero-order chi connectivity index (χ0) is 16.8. The molecule has 1 amide bonds. The first-order valence-electron chi connectivity index (χ1n) is 7.82. The fourth-order valence-electron chi connectivity index (χ4n) is 2.56. The van der Waals surface area contributed by atoms with Crippen LogP contribution in [0.15, 0.2) is 18.2 Å². The molecule has 0 saturated carbocycles. The van der Waals surface area contributed by atoms with Gasteiger partial charge in [-0.05, 0) is 30.5 Å². The average molecular weight is 319 g/mol. The monoisotopic (exact) mass is 319 g/mol. The number of carbonyl (C=O) groups is 3. The van der Waals surface area contributed by atoms with E-state index in [9.17, 15) is 14.4 Å². The molecule has 6 nitrogen and oxygen atoms in total. The highest BCUT2D eigenvalue weighted by molar-refractivity contribution is 6.00. The van der Waals surface area contributed by atoms with E-state index in [0.29, 0.717) is 24.2 Å². The van der Waals surface area contributed by atoms with Crippen molar-refractivity contribution in [3.05, 3.63) is 29.3 Å².